The van der Waals surface area contributed by atoms with Crippen LogP contribution in [0.1, 0.15) is 33.1 Å². The Kier molecular flexibility index (Phi) is 4.60. The van der Waals surface area contributed by atoms with E-state index in [1.54, 1.807) is 0 Å². The number of hydrogen-bond donors (Lipinski definition) is 3. The standard InChI is InChI=1S/C13H21N5O2/c1-8(2)20-13-11(14)12(16-7-17-13)15-6-5-10(19)18-9-3-4-9/h7-9H,3-6,14H2,1-2H3,(H,18,19)(H,15,16,17). The van der Waals surface area contributed by atoms with Crippen LogP contribution in [0.2, 0.25) is 0 Å². The fraction of sp³-hybridized carbons (Fsp3) is 0.615. The molecule has 0 radical (unpaired) electrons. The number of nitrogens with one attached hydrogen (secondary N) is 2. The number of rotatable bonds is 7. The van der Waals surface area contributed by atoms with Crippen LogP contribution in [-0.2, 0) is 4.79 Å². The number of hydrogen-bond acceptors (Lipinski definition) is 6. The monoisotopic (exact) mass is 279 g/mol. The molecule has 0 spiro atoms. The number of amides is 1. The number of anilines is 2. The fourth-order valence-corrected chi connectivity index (χ4v) is 1.66. The number of carbonyl (C=O) groups is 1. The highest BCUT2D eigenvalue weighted by Gasteiger charge is 2.22. The predicted octanol–water partition coefficient (Wildman–Crippen LogP) is 0.927. The summed E-state index contributed by atoms with van der Waals surface area (Å²) in [7, 11) is 0. The summed E-state index contributed by atoms with van der Waals surface area (Å²) in [4.78, 5) is 19.6. The van der Waals surface area contributed by atoms with Crippen LogP contribution in [-0.4, -0.2) is 34.6 Å². The van der Waals surface area contributed by atoms with Gasteiger partial charge in [0.1, 0.15) is 12.0 Å². The fourth-order valence-electron chi connectivity index (χ4n) is 1.66. The highest BCUT2D eigenvalue weighted by Crippen LogP contribution is 2.25. The molecule has 1 aliphatic rings. The maximum atomic E-state index is 11.5. The van der Waals surface area contributed by atoms with E-state index in [2.05, 4.69) is 20.6 Å². The van der Waals surface area contributed by atoms with Crippen LogP contribution in [0.3, 0.4) is 0 Å². The van der Waals surface area contributed by atoms with Crippen LogP contribution in [0.25, 0.3) is 0 Å². The number of nitrogens with zero attached hydrogens (tertiary/aromatic N) is 2. The van der Waals surface area contributed by atoms with Gasteiger partial charge in [0.2, 0.25) is 11.8 Å². The van der Waals surface area contributed by atoms with Gasteiger partial charge in [0.25, 0.3) is 0 Å². The van der Waals surface area contributed by atoms with Crippen molar-refractivity contribution in [2.75, 3.05) is 17.6 Å². The second-order valence-electron chi connectivity index (χ2n) is 5.13. The van der Waals surface area contributed by atoms with E-state index in [0.717, 1.165) is 12.8 Å². The predicted molar refractivity (Wildman–Crippen MR) is 76.5 cm³/mol. The molecule has 2 rings (SSSR count). The van der Waals surface area contributed by atoms with E-state index in [1.807, 2.05) is 13.8 Å². The van der Waals surface area contributed by atoms with Crippen molar-refractivity contribution in [3.8, 4) is 5.88 Å². The molecule has 0 bridgehead atoms. The highest BCUT2D eigenvalue weighted by atomic mass is 16.5. The molecule has 1 amide bonds. The van der Waals surface area contributed by atoms with Gasteiger partial charge in [0.05, 0.1) is 6.10 Å². The molecule has 0 aliphatic heterocycles. The molecule has 0 saturated heterocycles. The van der Waals surface area contributed by atoms with Gasteiger partial charge < -0.3 is 21.1 Å². The molecular weight excluding hydrogens is 258 g/mol. The average Bonchev–Trinajstić information content (AvgIpc) is 3.17. The van der Waals surface area contributed by atoms with Gasteiger partial charge in [0.15, 0.2) is 5.82 Å². The minimum atomic E-state index is -0.00984. The van der Waals surface area contributed by atoms with Crippen molar-refractivity contribution >= 4 is 17.4 Å². The molecule has 0 aromatic carbocycles. The maximum Gasteiger partial charge on any atom is 0.242 e. The first-order chi connectivity index (χ1) is 9.56. The first-order valence-corrected chi connectivity index (χ1v) is 6.86. The molecule has 1 fully saturated rings. The lowest BCUT2D eigenvalue weighted by Gasteiger charge is -2.13. The lowest BCUT2D eigenvalue weighted by atomic mass is 10.3. The first kappa shape index (κ1) is 14.4. The molecule has 1 saturated carbocycles. The normalized spacial score (nSPS) is 14.2. The van der Waals surface area contributed by atoms with Crippen molar-refractivity contribution in [2.24, 2.45) is 0 Å². The van der Waals surface area contributed by atoms with Gasteiger partial charge in [-0.25, -0.2) is 4.98 Å². The van der Waals surface area contributed by atoms with E-state index in [-0.39, 0.29) is 12.0 Å². The smallest absolute Gasteiger partial charge is 0.242 e. The van der Waals surface area contributed by atoms with Crippen molar-refractivity contribution in [3.05, 3.63) is 6.33 Å². The van der Waals surface area contributed by atoms with Crippen molar-refractivity contribution < 1.29 is 9.53 Å². The lowest BCUT2D eigenvalue weighted by molar-refractivity contribution is -0.120. The summed E-state index contributed by atoms with van der Waals surface area (Å²) in [5.74, 6) is 0.904. The largest absolute Gasteiger partial charge is 0.473 e. The average molecular weight is 279 g/mol. The molecule has 20 heavy (non-hydrogen) atoms. The Morgan fingerprint density at radius 2 is 2.25 bits per heavy atom. The summed E-state index contributed by atoms with van der Waals surface area (Å²) in [5, 5.41) is 5.96. The number of aromatic nitrogens is 2. The topological polar surface area (TPSA) is 102 Å². The van der Waals surface area contributed by atoms with E-state index < -0.39 is 0 Å². The molecule has 1 aromatic rings. The minimum Gasteiger partial charge on any atom is -0.473 e. The van der Waals surface area contributed by atoms with Gasteiger partial charge in [-0.2, -0.15) is 4.98 Å². The second kappa shape index (κ2) is 6.40. The summed E-state index contributed by atoms with van der Waals surface area (Å²) < 4.78 is 5.48. The molecule has 1 heterocycles. The van der Waals surface area contributed by atoms with Crippen molar-refractivity contribution in [2.45, 2.75) is 45.3 Å². The molecule has 7 nitrogen and oxygen atoms in total. The number of carbonyl (C=O) groups excluding carboxylic acids is 1. The van der Waals surface area contributed by atoms with Crippen LogP contribution < -0.4 is 21.1 Å². The molecule has 7 heteroatoms. The van der Waals surface area contributed by atoms with Crippen LogP contribution >= 0.6 is 0 Å². The van der Waals surface area contributed by atoms with E-state index in [4.69, 9.17) is 10.5 Å². The van der Waals surface area contributed by atoms with Gasteiger partial charge in [-0.1, -0.05) is 0 Å². The number of ether oxygens (including phenoxy) is 1. The van der Waals surface area contributed by atoms with Crippen molar-refractivity contribution in [1.82, 2.24) is 15.3 Å². The Hall–Kier alpha value is -2.05. The van der Waals surface area contributed by atoms with Crippen LogP contribution in [0.5, 0.6) is 5.88 Å². The van der Waals surface area contributed by atoms with E-state index >= 15 is 0 Å². The van der Waals surface area contributed by atoms with E-state index in [0.29, 0.717) is 36.4 Å². The Morgan fingerprint density at radius 3 is 2.90 bits per heavy atom. The quantitative estimate of drug-likeness (QED) is 0.686. The summed E-state index contributed by atoms with van der Waals surface area (Å²) in [6, 6.07) is 0.387. The zero-order valence-corrected chi connectivity index (χ0v) is 11.8. The number of nitrogens with two attached hydrogens (primary N) is 1. The Balaban J connectivity index is 1.83. The summed E-state index contributed by atoms with van der Waals surface area (Å²) in [6.07, 6.45) is 3.95. The number of nitrogen functional groups attached to an aromatic ring is 1. The Labute approximate surface area is 118 Å². The highest BCUT2D eigenvalue weighted by molar-refractivity contribution is 5.77. The van der Waals surface area contributed by atoms with Gasteiger partial charge in [-0.3, -0.25) is 4.79 Å². The summed E-state index contributed by atoms with van der Waals surface area (Å²) in [5.41, 5.74) is 6.29. The van der Waals surface area contributed by atoms with Crippen molar-refractivity contribution in [3.63, 3.8) is 0 Å². The van der Waals surface area contributed by atoms with Gasteiger partial charge in [-0.15, -0.1) is 0 Å². The Bertz CT molecular complexity index is 474. The third-order valence-electron chi connectivity index (χ3n) is 2.78. The lowest BCUT2D eigenvalue weighted by Crippen LogP contribution is -2.27. The molecular formula is C13H21N5O2. The van der Waals surface area contributed by atoms with E-state index in [1.165, 1.54) is 6.33 Å². The first-order valence-electron chi connectivity index (χ1n) is 6.86. The molecule has 0 atom stereocenters. The van der Waals surface area contributed by atoms with E-state index in [9.17, 15) is 4.79 Å². The molecule has 0 unspecified atom stereocenters. The van der Waals surface area contributed by atoms with Gasteiger partial charge in [-0.05, 0) is 26.7 Å². The molecule has 1 aliphatic carbocycles. The summed E-state index contributed by atoms with van der Waals surface area (Å²) in [6.45, 7) is 4.27. The zero-order chi connectivity index (χ0) is 14.5. The van der Waals surface area contributed by atoms with Crippen molar-refractivity contribution in [1.29, 1.82) is 0 Å². The summed E-state index contributed by atoms with van der Waals surface area (Å²) >= 11 is 0. The zero-order valence-electron chi connectivity index (χ0n) is 11.8. The third-order valence-corrected chi connectivity index (χ3v) is 2.78. The van der Waals surface area contributed by atoms with Crippen LogP contribution in [0, 0.1) is 0 Å². The third kappa shape index (κ3) is 4.25. The van der Waals surface area contributed by atoms with Gasteiger partial charge >= 0.3 is 0 Å². The van der Waals surface area contributed by atoms with Gasteiger partial charge in [0, 0.05) is 19.0 Å². The maximum absolute atomic E-state index is 11.5. The van der Waals surface area contributed by atoms with Crippen LogP contribution in [0.15, 0.2) is 6.33 Å². The molecule has 110 valence electrons. The minimum absolute atomic E-state index is 0.00984. The Morgan fingerprint density at radius 1 is 1.50 bits per heavy atom. The second-order valence-corrected chi connectivity index (χ2v) is 5.13. The SMILES string of the molecule is CC(C)Oc1ncnc(NCCC(=O)NC2CC2)c1N. The molecule has 4 N–H and O–H groups in total. The molecule has 1 aromatic heterocycles. The van der Waals surface area contributed by atoms with Crippen LogP contribution in [0.4, 0.5) is 11.5 Å².